The molecule has 0 aliphatic rings. The van der Waals surface area contributed by atoms with E-state index >= 15 is 0 Å². The van der Waals surface area contributed by atoms with Gasteiger partial charge in [-0.1, -0.05) is 19.9 Å². The summed E-state index contributed by atoms with van der Waals surface area (Å²) in [4.78, 5) is 38.4. The predicted molar refractivity (Wildman–Crippen MR) is 115 cm³/mol. The molecule has 0 atom stereocenters. The van der Waals surface area contributed by atoms with Crippen LogP contribution < -0.4 is 20.7 Å². The molecular weight excluding hydrogens is 386 g/mol. The summed E-state index contributed by atoms with van der Waals surface area (Å²) in [6.07, 6.45) is 3.04. The highest BCUT2D eigenvalue weighted by Crippen LogP contribution is 2.29. The van der Waals surface area contributed by atoms with E-state index in [1.54, 1.807) is 4.90 Å². The van der Waals surface area contributed by atoms with Gasteiger partial charge in [-0.3, -0.25) is 18.7 Å². The lowest BCUT2D eigenvalue weighted by Crippen LogP contribution is -2.41. The van der Waals surface area contributed by atoms with Crippen LogP contribution in [0, 0.1) is 0 Å². The first-order valence-corrected chi connectivity index (χ1v) is 10.3. The minimum atomic E-state index is -0.511. The number of amides is 1. The van der Waals surface area contributed by atoms with Gasteiger partial charge in [0.15, 0.2) is 11.5 Å². The molecule has 0 saturated heterocycles. The molecule has 2 rings (SSSR count). The van der Waals surface area contributed by atoms with Gasteiger partial charge in [0, 0.05) is 32.4 Å². The molecule has 8 nitrogen and oxygen atoms in total. The van der Waals surface area contributed by atoms with Crippen LogP contribution in [0.3, 0.4) is 0 Å². The molecule has 0 saturated carbocycles. The summed E-state index contributed by atoms with van der Waals surface area (Å²) in [5.74, 6) is 1.15. The summed E-state index contributed by atoms with van der Waals surface area (Å²) >= 11 is 0. The first-order chi connectivity index (χ1) is 14.4. The van der Waals surface area contributed by atoms with Crippen molar-refractivity contribution in [3.63, 3.8) is 0 Å². The van der Waals surface area contributed by atoms with Crippen LogP contribution in [0.25, 0.3) is 0 Å². The van der Waals surface area contributed by atoms with Gasteiger partial charge in [-0.2, -0.15) is 0 Å². The normalized spacial score (nSPS) is 10.7. The molecule has 0 radical (unpaired) electrons. The molecule has 8 heteroatoms. The molecule has 1 aromatic heterocycles. The number of aromatic nitrogens is 2. The fourth-order valence-electron chi connectivity index (χ4n) is 3.01. The van der Waals surface area contributed by atoms with E-state index in [2.05, 4.69) is 0 Å². The highest BCUT2D eigenvalue weighted by molar-refractivity contribution is 5.76. The van der Waals surface area contributed by atoms with Crippen molar-refractivity contribution in [1.82, 2.24) is 14.0 Å². The monoisotopic (exact) mass is 417 g/mol. The van der Waals surface area contributed by atoms with E-state index in [0.717, 1.165) is 23.0 Å². The standard InChI is InChI=1S/C22H31N3O5/c1-5-11-24(21(27)16-25-12-10-20(26)23(4)22(25)28)15-17-8-9-18(30-13-6-2)19(14-17)29-7-3/h8-10,12,14H,5-7,11,13,15-16H2,1-4H3. The molecule has 0 aliphatic heterocycles. The first kappa shape index (κ1) is 23.3. The van der Waals surface area contributed by atoms with Gasteiger partial charge >= 0.3 is 5.69 Å². The SMILES string of the molecule is CCCOc1ccc(CN(CCC)C(=O)Cn2ccc(=O)n(C)c2=O)cc1OCC. The van der Waals surface area contributed by atoms with Crippen LogP contribution in [0.4, 0.5) is 0 Å². The van der Waals surface area contributed by atoms with Crippen LogP contribution in [0.2, 0.25) is 0 Å². The summed E-state index contributed by atoms with van der Waals surface area (Å²) in [6.45, 7) is 7.88. The molecule has 30 heavy (non-hydrogen) atoms. The van der Waals surface area contributed by atoms with E-state index in [4.69, 9.17) is 9.47 Å². The molecule has 0 aliphatic carbocycles. The highest BCUT2D eigenvalue weighted by Gasteiger charge is 2.16. The molecule has 1 amide bonds. The molecule has 1 aromatic carbocycles. The van der Waals surface area contributed by atoms with E-state index in [1.165, 1.54) is 23.9 Å². The van der Waals surface area contributed by atoms with Crippen LogP contribution in [-0.4, -0.2) is 39.7 Å². The largest absolute Gasteiger partial charge is 0.490 e. The van der Waals surface area contributed by atoms with E-state index in [0.29, 0.717) is 37.8 Å². The second-order valence-corrected chi connectivity index (χ2v) is 7.00. The van der Waals surface area contributed by atoms with Gasteiger partial charge in [0.2, 0.25) is 5.91 Å². The fourth-order valence-corrected chi connectivity index (χ4v) is 3.01. The molecule has 164 valence electrons. The van der Waals surface area contributed by atoms with Crippen LogP contribution in [0.5, 0.6) is 11.5 Å². The van der Waals surface area contributed by atoms with E-state index in [-0.39, 0.29) is 12.5 Å². The Morgan fingerprint density at radius 2 is 1.80 bits per heavy atom. The van der Waals surface area contributed by atoms with Crippen molar-refractivity contribution in [3.05, 3.63) is 56.9 Å². The lowest BCUT2D eigenvalue weighted by atomic mass is 10.1. The first-order valence-electron chi connectivity index (χ1n) is 10.3. The number of carbonyl (C=O) groups is 1. The summed E-state index contributed by atoms with van der Waals surface area (Å²) < 4.78 is 13.7. The van der Waals surface area contributed by atoms with Crippen molar-refractivity contribution in [1.29, 1.82) is 0 Å². The summed E-state index contributed by atoms with van der Waals surface area (Å²) in [5.41, 5.74) is 0.00297. The number of rotatable bonds is 11. The molecule has 0 spiro atoms. The van der Waals surface area contributed by atoms with E-state index in [1.807, 2.05) is 39.0 Å². The molecular formula is C22H31N3O5. The zero-order valence-electron chi connectivity index (χ0n) is 18.2. The average molecular weight is 418 g/mol. The minimum absolute atomic E-state index is 0.122. The van der Waals surface area contributed by atoms with E-state index in [9.17, 15) is 14.4 Å². The maximum atomic E-state index is 12.9. The third kappa shape index (κ3) is 5.98. The minimum Gasteiger partial charge on any atom is -0.490 e. The summed E-state index contributed by atoms with van der Waals surface area (Å²) in [7, 11) is 1.40. The van der Waals surface area contributed by atoms with Crippen LogP contribution in [0.15, 0.2) is 40.1 Å². The predicted octanol–water partition coefficient (Wildman–Crippen LogP) is 2.17. The second kappa shape index (κ2) is 11.2. The summed E-state index contributed by atoms with van der Waals surface area (Å²) in [6, 6.07) is 6.95. The number of carbonyl (C=O) groups excluding carboxylic acids is 1. The molecule has 0 fully saturated rings. The number of ether oxygens (including phenoxy) is 2. The van der Waals surface area contributed by atoms with Gasteiger partial charge in [-0.15, -0.1) is 0 Å². The summed E-state index contributed by atoms with van der Waals surface area (Å²) in [5, 5.41) is 0. The van der Waals surface area contributed by atoms with Crippen molar-refractivity contribution < 1.29 is 14.3 Å². The van der Waals surface area contributed by atoms with Gasteiger partial charge in [0.1, 0.15) is 6.54 Å². The van der Waals surface area contributed by atoms with Crippen molar-refractivity contribution in [2.75, 3.05) is 19.8 Å². The van der Waals surface area contributed by atoms with Crippen molar-refractivity contribution in [2.45, 2.75) is 46.7 Å². The maximum absolute atomic E-state index is 12.9. The lowest BCUT2D eigenvalue weighted by molar-refractivity contribution is -0.132. The van der Waals surface area contributed by atoms with Gasteiger partial charge < -0.3 is 14.4 Å². The molecule has 0 bridgehead atoms. The Hall–Kier alpha value is -3.03. The second-order valence-electron chi connectivity index (χ2n) is 7.00. The Labute approximate surface area is 176 Å². The highest BCUT2D eigenvalue weighted by atomic mass is 16.5. The van der Waals surface area contributed by atoms with Crippen LogP contribution in [-0.2, 0) is 24.9 Å². The average Bonchev–Trinajstić information content (AvgIpc) is 2.73. The number of hydrogen-bond acceptors (Lipinski definition) is 5. The molecule has 0 unspecified atom stereocenters. The zero-order chi connectivity index (χ0) is 22.1. The Kier molecular flexibility index (Phi) is 8.70. The Bertz CT molecular complexity index is 964. The quantitative estimate of drug-likeness (QED) is 0.560. The third-order valence-corrected chi connectivity index (χ3v) is 4.56. The number of nitrogens with zero attached hydrogens (tertiary/aromatic N) is 3. The topological polar surface area (TPSA) is 82.8 Å². The fraction of sp³-hybridized carbons (Fsp3) is 0.500. The van der Waals surface area contributed by atoms with Crippen molar-refractivity contribution in [3.8, 4) is 11.5 Å². The van der Waals surface area contributed by atoms with Gasteiger partial charge in [0.05, 0.1) is 13.2 Å². The van der Waals surface area contributed by atoms with Crippen molar-refractivity contribution >= 4 is 5.91 Å². The molecule has 2 aromatic rings. The lowest BCUT2D eigenvalue weighted by Gasteiger charge is -2.23. The van der Waals surface area contributed by atoms with E-state index < -0.39 is 11.2 Å². The Morgan fingerprint density at radius 1 is 1.03 bits per heavy atom. The van der Waals surface area contributed by atoms with Crippen LogP contribution in [0.1, 0.15) is 39.2 Å². The Morgan fingerprint density at radius 3 is 2.47 bits per heavy atom. The number of benzene rings is 1. The van der Waals surface area contributed by atoms with Gasteiger partial charge in [-0.25, -0.2) is 4.79 Å². The smallest absolute Gasteiger partial charge is 0.331 e. The van der Waals surface area contributed by atoms with Gasteiger partial charge in [0.25, 0.3) is 5.56 Å². The van der Waals surface area contributed by atoms with Crippen LogP contribution >= 0.6 is 0 Å². The third-order valence-electron chi connectivity index (χ3n) is 4.56. The maximum Gasteiger partial charge on any atom is 0.331 e. The van der Waals surface area contributed by atoms with Gasteiger partial charge in [-0.05, 0) is 37.5 Å². The molecule has 0 N–H and O–H groups in total. The zero-order valence-corrected chi connectivity index (χ0v) is 18.2. The van der Waals surface area contributed by atoms with Crippen molar-refractivity contribution in [2.24, 2.45) is 7.05 Å². The molecule has 1 heterocycles. The number of hydrogen-bond donors (Lipinski definition) is 0. The Balaban J connectivity index is 2.21.